The van der Waals surface area contributed by atoms with Gasteiger partial charge in [0, 0.05) is 18.3 Å². The molecule has 7 nitrogen and oxygen atoms in total. The third kappa shape index (κ3) is 4.21. The molecule has 4 saturated carbocycles. The minimum Gasteiger partial charge on any atom is -0.459 e. The van der Waals surface area contributed by atoms with E-state index < -0.39 is 66.9 Å². The van der Waals surface area contributed by atoms with Gasteiger partial charge in [0.15, 0.2) is 16.5 Å². The Hall–Kier alpha value is -3.77. The molecule has 10 rings (SSSR count). The number of carbonyl (C=O) groups is 2. The molecule has 0 aromatic heterocycles. The minimum absolute atomic E-state index is 0.0167. The summed E-state index contributed by atoms with van der Waals surface area (Å²) in [6, 6.07) is 16.2. The fourth-order valence-electron chi connectivity index (χ4n) is 9.80. The number of esters is 2. The summed E-state index contributed by atoms with van der Waals surface area (Å²) in [6.07, 6.45) is 2.91. The summed E-state index contributed by atoms with van der Waals surface area (Å²) in [5, 5.41) is 0. The van der Waals surface area contributed by atoms with Crippen molar-refractivity contribution in [2.45, 2.75) is 67.3 Å². The molecule has 0 saturated heterocycles. The Labute approximate surface area is 261 Å². The van der Waals surface area contributed by atoms with E-state index in [0.717, 1.165) is 17.5 Å². The van der Waals surface area contributed by atoms with Crippen LogP contribution in [0.4, 0.5) is 17.6 Å². The van der Waals surface area contributed by atoms with E-state index in [1.807, 2.05) is 36.4 Å². The maximum Gasteiger partial charge on any atom is 0.317 e. The van der Waals surface area contributed by atoms with Gasteiger partial charge in [-0.15, -0.1) is 0 Å². The average molecular weight is 657 g/mol. The lowest BCUT2D eigenvalue weighted by Crippen LogP contribution is -2.61. The molecule has 7 aliphatic carbocycles. The van der Waals surface area contributed by atoms with Gasteiger partial charge in [0.1, 0.15) is 5.60 Å². The quantitative estimate of drug-likeness (QED) is 0.109. The van der Waals surface area contributed by atoms with E-state index in [2.05, 4.69) is 12.1 Å². The van der Waals surface area contributed by atoms with Crippen LogP contribution in [0.1, 0.15) is 79.0 Å². The number of ether oxygens (including phenoxy) is 2. The van der Waals surface area contributed by atoms with Gasteiger partial charge in [-0.2, -0.15) is 17.2 Å². The van der Waals surface area contributed by atoms with Crippen molar-refractivity contribution < 1.29 is 49.6 Å². The van der Waals surface area contributed by atoms with Crippen LogP contribution in [0, 0.1) is 46.4 Å². The third-order valence-electron chi connectivity index (χ3n) is 11.0. The molecule has 3 unspecified atom stereocenters. The summed E-state index contributed by atoms with van der Waals surface area (Å²) in [5.41, 5.74) is 2.20. The number of benzene rings is 3. The molecular formula is C34H28F4O7S. The van der Waals surface area contributed by atoms with Gasteiger partial charge in [-0.25, -0.2) is 8.78 Å². The van der Waals surface area contributed by atoms with Gasteiger partial charge in [-0.05, 0) is 72.6 Å². The number of carbonyl (C=O) groups excluding carboxylic acids is 2. The molecule has 0 amide bonds. The molecule has 0 heterocycles. The first-order valence-electron chi connectivity index (χ1n) is 15.3. The fourth-order valence-corrected chi connectivity index (χ4v) is 10.4. The van der Waals surface area contributed by atoms with Crippen LogP contribution >= 0.6 is 0 Å². The van der Waals surface area contributed by atoms with E-state index in [9.17, 15) is 35.6 Å². The highest BCUT2D eigenvalue weighted by molar-refractivity contribution is 7.85. The van der Waals surface area contributed by atoms with Gasteiger partial charge < -0.3 is 9.47 Å². The second kappa shape index (κ2) is 9.87. The molecule has 3 aromatic rings. The normalized spacial score (nSPS) is 31.7. The summed E-state index contributed by atoms with van der Waals surface area (Å²) < 4.78 is 102. The molecule has 3 atom stereocenters. The second-order valence-corrected chi connectivity index (χ2v) is 15.1. The third-order valence-corrected chi connectivity index (χ3v) is 11.9. The molecule has 3 aromatic carbocycles. The van der Waals surface area contributed by atoms with Gasteiger partial charge in [0.05, 0.1) is 11.3 Å². The number of hydrogen-bond acceptors (Lipinski definition) is 6. The molecule has 12 heteroatoms. The van der Waals surface area contributed by atoms with Gasteiger partial charge in [0.25, 0.3) is 0 Å². The van der Waals surface area contributed by atoms with Crippen LogP contribution in [0.3, 0.4) is 0 Å². The van der Waals surface area contributed by atoms with E-state index in [1.165, 1.54) is 11.1 Å². The summed E-state index contributed by atoms with van der Waals surface area (Å²) >= 11 is 0. The number of hydrogen-bond donors (Lipinski definition) is 1. The van der Waals surface area contributed by atoms with Gasteiger partial charge in [0.2, 0.25) is 17.4 Å². The Balaban J connectivity index is 1.09. The lowest BCUT2D eigenvalue weighted by Gasteiger charge is -2.60. The SMILES string of the molecule is O=C(OC12CC3CC(C1)CC(C(=O)Oc1c(F)c(F)c(S(=O)(=O)O)c(F)c1F)(C3)C2)C1CC2c3ccccc3C1c1ccccc12. The van der Waals surface area contributed by atoms with Gasteiger partial charge >= 0.3 is 22.1 Å². The predicted molar refractivity (Wildman–Crippen MR) is 152 cm³/mol. The molecule has 240 valence electrons. The van der Waals surface area contributed by atoms with Crippen molar-refractivity contribution in [3.8, 4) is 5.75 Å². The van der Waals surface area contributed by atoms with Crippen molar-refractivity contribution in [3.05, 3.63) is 94.1 Å². The Morgan fingerprint density at radius 1 is 0.761 bits per heavy atom. The Kier molecular flexibility index (Phi) is 6.35. The van der Waals surface area contributed by atoms with Crippen LogP contribution in [0.15, 0.2) is 53.4 Å². The van der Waals surface area contributed by atoms with Crippen molar-refractivity contribution in [2.24, 2.45) is 23.2 Å². The van der Waals surface area contributed by atoms with Crippen LogP contribution in [0.2, 0.25) is 0 Å². The largest absolute Gasteiger partial charge is 0.459 e. The Morgan fingerprint density at radius 3 is 1.80 bits per heavy atom. The first-order valence-corrected chi connectivity index (χ1v) is 16.7. The molecule has 46 heavy (non-hydrogen) atoms. The van der Waals surface area contributed by atoms with Crippen LogP contribution in [-0.2, 0) is 24.4 Å². The zero-order valence-electron chi connectivity index (χ0n) is 24.3. The first kappa shape index (κ1) is 29.6. The Bertz CT molecular complexity index is 1870. The summed E-state index contributed by atoms with van der Waals surface area (Å²) in [5.74, 6) is -13.3. The molecule has 7 aliphatic rings. The van der Waals surface area contributed by atoms with Crippen LogP contribution in [0.5, 0.6) is 5.75 Å². The van der Waals surface area contributed by atoms with Gasteiger partial charge in [-0.1, -0.05) is 48.5 Å². The standard InChI is InChI=1S/C34H28F4O7S/c35-25-27(37)30(46(41,42)43)28(38)26(36)29(25)44-32(40)33-11-16-9-17(12-33)14-34(13-16,15-33)45-31(39)23-10-22-18-5-1-3-7-20(18)24(23)21-8-4-2-6-19(21)22/h1-8,16-17,22-24H,9-15H2,(H,41,42,43). The summed E-state index contributed by atoms with van der Waals surface area (Å²) in [7, 11) is -5.68. The molecule has 0 spiro atoms. The van der Waals surface area contributed by atoms with E-state index in [0.29, 0.717) is 19.3 Å². The van der Waals surface area contributed by atoms with Crippen molar-refractivity contribution in [1.29, 1.82) is 0 Å². The first-order chi connectivity index (χ1) is 21.8. The monoisotopic (exact) mass is 656 g/mol. The number of fused-ring (bicyclic) bond motifs is 1. The number of halogens is 4. The molecule has 1 N–H and O–H groups in total. The van der Waals surface area contributed by atoms with Crippen LogP contribution in [0.25, 0.3) is 0 Å². The van der Waals surface area contributed by atoms with E-state index >= 15 is 0 Å². The van der Waals surface area contributed by atoms with Crippen molar-refractivity contribution >= 4 is 22.1 Å². The van der Waals surface area contributed by atoms with E-state index in [-0.39, 0.29) is 48.9 Å². The average Bonchev–Trinajstić information content (AvgIpc) is 3.00. The molecule has 0 aliphatic heterocycles. The van der Waals surface area contributed by atoms with Crippen molar-refractivity contribution in [3.63, 3.8) is 0 Å². The second-order valence-electron chi connectivity index (χ2n) is 13.8. The molecule has 0 radical (unpaired) electrons. The van der Waals surface area contributed by atoms with E-state index in [1.54, 1.807) is 0 Å². The van der Waals surface area contributed by atoms with E-state index in [4.69, 9.17) is 14.0 Å². The topological polar surface area (TPSA) is 107 Å². The van der Waals surface area contributed by atoms with Crippen LogP contribution in [-0.4, -0.2) is 30.5 Å². The molecular weight excluding hydrogens is 628 g/mol. The lowest BCUT2D eigenvalue weighted by atomic mass is 9.48. The maximum absolute atomic E-state index is 14.8. The lowest BCUT2D eigenvalue weighted by molar-refractivity contribution is -0.212. The van der Waals surface area contributed by atoms with Gasteiger partial charge in [-0.3, -0.25) is 14.1 Å². The minimum atomic E-state index is -5.68. The zero-order chi connectivity index (χ0) is 32.3. The van der Waals surface area contributed by atoms with Crippen molar-refractivity contribution in [1.82, 2.24) is 0 Å². The van der Waals surface area contributed by atoms with Crippen LogP contribution < -0.4 is 4.74 Å². The number of rotatable bonds is 5. The summed E-state index contributed by atoms with van der Waals surface area (Å²) in [4.78, 5) is 25.6. The molecule has 4 fully saturated rings. The molecule has 6 bridgehead atoms. The predicted octanol–water partition coefficient (Wildman–Crippen LogP) is 6.57. The maximum atomic E-state index is 14.8. The Morgan fingerprint density at radius 2 is 1.28 bits per heavy atom. The van der Waals surface area contributed by atoms with Crippen molar-refractivity contribution in [2.75, 3.05) is 0 Å². The summed E-state index contributed by atoms with van der Waals surface area (Å²) in [6.45, 7) is 0. The fraction of sp³-hybridized carbons (Fsp3) is 0.412. The zero-order valence-corrected chi connectivity index (χ0v) is 25.1. The highest BCUT2D eigenvalue weighted by Crippen LogP contribution is 2.64. The smallest absolute Gasteiger partial charge is 0.317 e. The highest BCUT2D eigenvalue weighted by atomic mass is 32.2. The highest BCUT2D eigenvalue weighted by Gasteiger charge is 2.64.